The lowest BCUT2D eigenvalue weighted by Crippen LogP contribution is -2.19. The molecule has 0 atom stereocenters. The summed E-state index contributed by atoms with van der Waals surface area (Å²) in [5.41, 5.74) is 6.37. The molecule has 6 nitrogen and oxygen atoms in total. The molecule has 0 aliphatic heterocycles. The van der Waals surface area contributed by atoms with E-state index in [-0.39, 0.29) is 0 Å². The van der Waals surface area contributed by atoms with E-state index in [0.717, 1.165) is 18.7 Å². The Morgan fingerprint density at radius 2 is 1.34 bits per heavy atom. The Labute approximate surface area is 189 Å². The maximum atomic E-state index is 8.36. The van der Waals surface area contributed by atoms with E-state index in [1.165, 1.54) is 27.8 Å². The molecular weight excluding hydrogens is 404 g/mol. The first-order valence-electron chi connectivity index (χ1n) is 10.5. The van der Waals surface area contributed by atoms with Crippen LogP contribution in [0, 0.1) is 10.1 Å². The van der Waals surface area contributed by atoms with Crippen LogP contribution in [-0.2, 0) is 0 Å². The average molecular weight is 435 g/mol. The molecule has 0 amide bonds. The molecule has 0 aliphatic carbocycles. The molecule has 0 bridgehead atoms. The molecule has 1 N–H and O–H groups in total. The maximum Gasteiger partial charge on any atom is 0.291 e. The molecule has 0 unspecified atom stereocenters. The standard InChI is InChI=1S/C26H29NO.HNO3/c1-4-25(21-11-7-5-8-12-21)26(22-13-9-6-10-14-22)23-15-17-24(18-16-23)28-20-19-27(2)3;2-1(3)4/h5-18H,4,19-20H2,1-3H3;(H,2,3,4)/b26-25-;. The Bertz CT molecular complexity index is 981. The van der Waals surface area contributed by atoms with Crippen LogP contribution in [0.5, 0.6) is 5.75 Å². The van der Waals surface area contributed by atoms with Crippen molar-refractivity contribution in [2.45, 2.75) is 13.3 Å². The van der Waals surface area contributed by atoms with Crippen molar-refractivity contribution in [3.63, 3.8) is 0 Å². The largest absolute Gasteiger partial charge is 0.492 e. The van der Waals surface area contributed by atoms with E-state index in [4.69, 9.17) is 20.1 Å². The first-order chi connectivity index (χ1) is 15.4. The van der Waals surface area contributed by atoms with E-state index in [0.29, 0.717) is 6.61 Å². The minimum atomic E-state index is -1.50. The summed E-state index contributed by atoms with van der Waals surface area (Å²) >= 11 is 0. The van der Waals surface area contributed by atoms with Crippen molar-refractivity contribution in [1.82, 2.24) is 4.90 Å². The zero-order valence-electron chi connectivity index (χ0n) is 18.8. The second kappa shape index (κ2) is 12.9. The Morgan fingerprint density at radius 3 is 1.81 bits per heavy atom. The van der Waals surface area contributed by atoms with Gasteiger partial charge in [-0.3, -0.25) is 0 Å². The Hall–Kier alpha value is -3.64. The van der Waals surface area contributed by atoms with E-state index in [9.17, 15) is 0 Å². The molecule has 0 spiro atoms. The summed E-state index contributed by atoms with van der Waals surface area (Å²) in [6.07, 6.45) is 0.968. The SMILES string of the molecule is CC/C(=C(\c1ccccc1)c1ccc(OCCN(C)C)cc1)c1ccccc1.O=[N+]([O-])O. The molecular formula is C26H30N2O4. The summed E-state index contributed by atoms with van der Waals surface area (Å²) in [6, 6.07) is 29.8. The van der Waals surface area contributed by atoms with Crippen LogP contribution in [0.25, 0.3) is 11.1 Å². The van der Waals surface area contributed by atoms with Gasteiger partial charge in [0.05, 0.1) is 0 Å². The smallest absolute Gasteiger partial charge is 0.291 e. The zero-order chi connectivity index (χ0) is 23.3. The van der Waals surface area contributed by atoms with Crippen LogP contribution < -0.4 is 4.74 Å². The minimum Gasteiger partial charge on any atom is -0.492 e. The fourth-order valence-corrected chi connectivity index (χ4v) is 3.35. The van der Waals surface area contributed by atoms with E-state index in [2.05, 4.69) is 111 Å². The monoisotopic (exact) mass is 434 g/mol. The van der Waals surface area contributed by atoms with E-state index in [1.54, 1.807) is 0 Å². The number of rotatable bonds is 8. The quantitative estimate of drug-likeness (QED) is 0.282. The third kappa shape index (κ3) is 7.89. The molecule has 0 radical (unpaired) electrons. The molecule has 0 saturated heterocycles. The van der Waals surface area contributed by atoms with Crippen LogP contribution in [0.3, 0.4) is 0 Å². The van der Waals surface area contributed by atoms with Crippen LogP contribution in [0.15, 0.2) is 84.9 Å². The van der Waals surface area contributed by atoms with Gasteiger partial charge in [-0.25, -0.2) is 0 Å². The summed E-state index contributed by atoms with van der Waals surface area (Å²) in [7, 11) is 4.11. The van der Waals surface area contributed by atoms with Crippen molar-refractivity contribution < 1.29 is 15.0 Å². The topological polar surface area (TPSA) is 75.8 Å². The lowest BCUT2D eigenvalue weighted by molar-refractivity contribution is -0.742. The van der Waals surface area contributed by atoms with Crippen molar-refractivity contribution in [3.8, 4) is 5.75 Å². The Morgan fingerprint density at radius 1 is 0.875 bits per heavy atom. The third-order valence-electron chi connectivity index (χ3n) is 4.79. The lowest BCUT2D eigenvalue weighted by Gasteiger charge is -2.17. The molecule has 0 heterocycles. The van der Waals surface area contributed by atoms with Crippen LogP contribution in [0.4, 0.5) is 0 Å². The molecule has 3 rings (SSSR count). The van der Waals surface area contributed by atoms with Gasteiger partial charge in [0.25, 0.3) is 5.09 Å². The average Bonchev–Trinajstić information content (AvgIpc) is 2.78. The lowest BCUT2D eigenvalue weighted by atomic mass is 9.88. The fraction of sp³-hybridized carbons (Fsp3) is 0.231. The van der Waals surface area contributed by atoms with Gasteiger partial charge >= 0.3 is 0 Å². The normalized spacial score (nSPS) is 11.2. The van der Waals surface area contributed by atoms with Crippen molar-refractivity contribution in [3.05, 3.63) is 112 Å². The number of nitrogens with zero attached hydrogens (tertiary/aromatic N) is 2. The number of allylic oxidation sites excluding steroid dienone is 1. The number of hydrogen-bond donors (Lipinski definition) is 1. The maximum absolute atomic E-state index is 8.36. The fourth-order valence-electron chi connectivity index (χ4n) is 3.35. The highest BCUT2D eigenvalue weighted by Crippen LogP contribution is 2.34. The number of hydrogen-bond acceptors (Lipinski definition) is 4. The molecule has 0 fully saturated rings. The predicted molar refractivity (Wildman–Crippen MR) is 128 cm³/mol. The first-order valence-corrected chi connectivity index (χ1v) is 10.5. The predicted octanol–water partition coefficient (Wildman–Crippen LogP) is 5.65. The van der Waals surface area contributed by atoms with Gasteiger partial charge in [0.2, 0.25) is 0 Å². The van der Waals surface area contributed by atoms with E-state index < -0.39 is 5.09 Å². The van der Waals surface area contributed by atoms with Gasteiger partial charge in [-0.15, -0.1) is 10.1 Å². The molecule has 0 aliphatic rings. The molecule has 32 heavy (non-hydrogen) atoms. The molecule has 0 saturated carbocycles. The summed E-state index contributed by atoms with van der Waals surface area (Å²) in [4.78, 5) is 10.5. The van der Waals surface area contributed by atoms with Gasteiger partial charge in [-0.05, 0) is 60.5 Å². The molecule has 168 valence electrons. The van der Waals surface area contributed by atoms with Gasteiger partial charge in [0.15, 0.2) is 0 Å². The number of ether oxygens (including phenoxy) is 1. The van der Waals surface area contributed by atoms with Gasteiger partial charge in [0, 0.05) is 6.54 Å². The highest BCUT2D eigenvalue weighted by molar-refractivity contribution is 5.98. The van der Waals surface area contributed by atoms with Gasteiger partial charge in [-0.1, -0.05) is 79.7 Å². The third-order valence-corrected chi connectivity index (χ3v) is 4.79. The van der Waals surface area contributed by atoms with Gasteiger partial charge < -0.3 is 14.8 Å². The van der Waals surface area contributed by atoms with E-state index in [1.807, 2.05) is 0 Å². The van der Waals surface area contributed by atoms with Crippen LogP contribution in [-0.4, -0.2) is 42.4 Å². The second-order valence-electron chi connectivity index (χ2n) is 7.35. The molecule has 0 aromatic heterocycles. The van der Waals surface area contributed by atoms with Crippen molar-refractivity contribution >= 4 is 11.1 Å². The van der Waals surface area contributed by atoms with Gasteiger partial charge in [-0.2, -0.15) is 0 Å². The van der Waals surface area contributed by atoms with Crippen molar-refractivity contribution in [2.24, 2.45) is 0 Å². The van der Waals surface area contributed by atoms with Crippen LogP contribution >= 0.6 is 0 Å². The Kier molecular flexibility index (Phi) is 9.94. The van der Waals surface area contributed by atoms with Crippen LogP contribution in [0.1, 0.15) is 30.0 Å². The highest BCUT2D eigenvalue weighted by atomic mass is 16.9. The summed E-state index contributed by atoms with van der Waals surface area (Å²) in [6.45, 7) is 3.83. The van der Waals surface area contributed by atoms with Crippen molar-refractivity contribution in [2.75, 3.05) is 27.2 Å². The number of likely N-dealkylation sites (N-methyl/N-ethyl adjacent to an activating group) is 1. The van der Waals surface area contributed by atoms with Crippen LogP contribution in [0.2, 0.25) is 0 Å². The number of benzene rings is 3. The zero-order valence-corrected chi connectivity index (χ0v) is 18.8. The van der Waals surface area contributed by atoms with Gasteiger partial charge in [0.1, 0.15) is 12.4 Å². The van der Waals surface area contributed by atoms with E-state index >= 15 is 0 Å². The molecule has 3 aromatic carbocycles. The minimum absolute atomic E-state index is 0.692. The second-order valence-corrected chi connectivity index (χ2v) is 7.35. The summed E-state index contributed by atoms with van der Waals surface area (Å²) in [5, 5.41) is 13.6. The molecule has 6 heteroatoms. The molecule has 3 aromatic rings. The summed E-state index contributed by atoms with van der Waals surface area (Å²) in [5.74, 6) is 0.913. The first kappa shape index (κ1) is 24.6. The Balaban J connectivity index is 0.000000837. The summed E-state index contributed by atoms with van der Waals surface area (Å²) < 4.78 is 5.87. The highest BCUT2D eigenvalue weighted by Gasteiger charge is 2.13. The van der Waals surface area contributed by atoms with Crippen molar-refractivity contribution in [1.29, 1.82) is 0 Å².